The Labute approximate surface area is 110 Å². The molecule has 0 atom stereocenters. The quantitative estimate of drug-likeness (QED) is 0.516. The van der Waals surface area contributed by atoms with Gasteiger partial charge in [-0.25, -0.2) is 4.79 Å². The van der Waals surface area contributed by atoms with Crippen LogP contribution in [0.5, 0.6) is 0 Å². The lowest BCUT2D eigenvalue weighted by Gasteiger charge is -2.08. The highest BCUT2D eigenvalue weighted by molar-refractivity contribution is 6.15. The molecule has 0 unspecified atom stereocenters. The van der Waals surface area contributed by atoms with Crippen LogP contribution in [-0.4, -0.2) is 17.6 Å². The molecular formula is C16H13NO2. The zero-order valence-electron chi connectivity index (χ0n) is 10.6. The predicted molar refractivity (Wildman–Crippen MR) is 75.2 cm³/mol. The highest BCUT2D eigenvalue weighted by Gasteiger charge is 2.13. The van der Waals surface area contributed by atoms with E-state index in [2.05, 4.69) is 4.98 Å². The zero-order valence-corrected chi connectivity index (χ0v) is 10.6. The molecule has 0 fully saturated rings. The van der Waals surface area contributed by atoms with E-state index in [9.17, 15) is 4.79 Å². The summed E-state index contributed by atoms with van der Waals surface area (Å²) in [6.45, 7) is 2.17. The monoisotopic (exact) mass is 251 g/mol. The average molecular weight is 251 g/mol. The number of carbonyl (C=O) groups is 1. The summed E-state index contributed by atoms with van der Waals surface area (Å²) in [7, 11) is 0. The van der Waals surface area contributed by atoms with E-state index < -0.39 is 0 Å². The van der Waals surface area contributed by atoms with Crippen molar-refractivity contribution in [2.24, 2.45) is 0 Å². The van der Waals surface area contributed by atoms with E-state index in [0.717, 1.165) is 21.7 Å². The van der Waals surface area contributed by atoms with E-state index >= 15 is 0 Å². The maximum absolute atomic E-state index is 12.1. The maximum Gasteiger partial charge on any atom is 0.338 e. The first-order chi connectivity index (χ1) is 9.31. The van der Waals surface area contributed by atoms with Gasteiger partial charge >= 0.3 is 5.97 Å². The van der Waals surface area contributed by atoms with Gasteiger partial charge in [0, 0.05) is 11.6 Å². The van der Waals surface area contributed by atoms with E-state index in [1.54, 1.807) is 19.2 Å². The Morgan fingerprint density at radius 1 is 1.16 bits per heavy atom. The SMILES string of the molecule is CCOC(=O)c1ccnc2ccc3ccccc3c12. The molecule has 19 heavy (non-hydrogen) atoms. The molecule has 0 aliphatic carbocycles. The van der Waals surface area contributed by atoms with Crippen molar-refractivity contribution >= 4 is 27.6 Å². The molecule has 0 N–H and O–H groups in total. The van der Waals surface area contributed by atoms with Gasteiger partial charge in [-0.05, 0) is 29.8 Å². The van der Waals surface area contributed by atoms with Crippen molar-refractivity contribution in [1.29, 1.82) is 0 Å². The minimum atomic E-state index is -0.300. The van der Waals surface area contributed by atoms with Crippen LogP contribution >= 0.6 is 0 Å². The summed E-state index contributed by atoms with van der Waals surface area (Å²) in [5, 5.41) is 2.98. The van der Waals surface area contributed by atoms with Crippen molar-refractivity contribution in [2.45, 2.75) is 6.92 Å². The van der Waals surface area contributed by atoms with Gasteiger partial charge < -0.3 is 4.74 Å². The minimum Gasteiger partial charge on any atom is -0.462 e. The molecule has 3 rings (SSSR count). The van der Waals surface area contributed by atoms with Crippen molar-refractivity contribution in [3.05, 3.63) is 54.2 Å². The first kappa shape index (κ1) is 11.7. The summed E-state index contributed by atoms with van der Waals surface area (Å²) in [5.74, 6) is -0.300. The first-order valence-electron chi connectivity index (χ1n) is 6.25. The number of pyridine rings is 1. The Hall–Kier alpha value is -2.42. The van der Waals surface area contributed by atoms with Gasteiger partial charge in [-0.1, -0.05) is 30.3 Å². The van der Waals surface area contributed by atoms with Crippen molar-refractivity contribution in [3.8, 4) is 0 Å². The molecule has 0 aliphatic heterocycles. The summed E-state index contributed by atoms with van der Waals surface area (Å²) in [6, 6.07) is 13.6. The van der Waals surface area contributed by atoms with Crippen LogP contribution in [0, 0.1) is 0 Å². The predicted octanol–water partition coefficient (Wildman–Crippen LogP) is 3.56. The Bertz CT molecular complexity index is 765. The lowest BCUT2D eigenvalue weighted by Crippen LogP contribution is -2.05. The molecule has 0 amide bonds. The fourth-order valence-electron chi connectivity index (χ4n) is 2.31. The van der Waals surface area contributed by atoms with E-state index in [-0.39, 0.29) is 5.97 Å². The van der Waals surface area contributed by atoms with E-state index in [4.69, 9.17) is 4.74 Å². The number of aromatic nitrogens is 1. The number of benzene rings is 2. The van der Waals surface area contributed by atoms with Crippen LogP contribution in [0.2, 0.25) is 0 Å². The number of hydrogen-bond donors (Lipinski definition) is 0. The van der Waals surface area contributed by atoms with Crippen molar-refractivity contribution in [1.82, 2.24) is 4.98 Å². The Kier molecular flexibility index (Phi) is 2.88. The fraction of sp³-hybridized carbons (Fsp3) is 0.125. The van der Waals surface area contributed by atoms with Crippen molar-refractivity contribution in [3.63, 3.8) is 0 Å². The number of ether oxygens (including phenoxy) is 1. The van der Waals surface area contributed by atoms with Gasteiger partial charge in [0.05, 0.1) is 17.7 Å². The number of fused-ring (bicyclic) bond motifs is 3. The summed E-state index contributed by atoms with van der Waals surface area (Å²) < 4.78 is 5.12. The molecule has 0 saturated carbocycles. The van der Waals surface area contributed by atoms with Gasteiger partial charge in [0.2, 0.25) is 0 Å². The second-order valence-corrected chi connectivity index (χ2v) is 4.26. The number of nitrogens with zero attached hydrogens (tertiary/aromatic N) is 1. The van der Waals surface area contributed by atoms with Gasteiger partial charge in [-0.15, -0.1) is 0 Å². The zero-order chi connectivity index (χ0) is 13.2. The van der Waals surface area contributed by atoms with Crippen LogP contribution in [0.25, 0.3) is 21.7 Å². The van der Waals surface area contributed by atoms with Gasteiger partial charge in [0.1, 0.15) is 0 Å². The summed E-state index contributed by atoms with van der Waals surface area (Å²) in [4.78, 5) is 16.4. The highest BCUT2D eigenvalue weighted by atomic mass is 16.5. The normalized spacial score (nSPS) is 10.8. The lowest BCUT2D eigenvalue weighted by molar-refractivity contribution is 0.0528. The van der Waals surface area contributed by atoms with Gasteiger partial charge in [-0.2, -0.15) is 0 Å². The van der Waals surface area contributed by atoms with Crippen LogP contribution in [-0.2, 0) is 4.74 Å². The van der Waals surface area contributed by atoms with Crippen LogP contribution in [0.1, 0.15) is 17.3 Å². The van der Waals surface area contributed by atoms with Crippen LogP contribution in [0.4, 0.5) is 0 Å². The molecule has 0 saturated heterocycles. The standard InChI is InChI=1S/C16H13NO2/c1-2-19-16(18)13-9-10-17-14-8-7-11-5-3-4-6-12(11)15(13)14/h3-10H,2H2,1H3. The number of esters is 1. The van der Waals surface area contributed by atoms with Gasteiger partial charge in [0.15, 0.2) is 0 Å². The molecule has 3 aromatic rings. The van der Waals surface area contributed by atoms with Crippen LogP contribution in [0.15, 0.2) is 48.7 Å². The molecule has 0 aliphatic rings. The highest BCUT2D eigenvalue weighted by Crippen LogP contribution is 2.27. The molecule has 1 aromatic heterocycles. The number of hydrogen-bond acceptors (Lipinski definition) is 3. The molecule has 94 valence electrons. The van der Waals surface area contributed by atoms with E-state index in [1.807, 2.05) is 36.4 Å². The smallest absolute Gasteiger partial charge is 0.338 e. The average Bonchev–Trinajstić information content (AvgIpc) is 2.46. The topological polar surface area (TPSA) is 39.2 Å². The summed E-state index contributed by atoms with van der Waals surface area (Å²) in [5.41, 5.74) is 1.38. The van der Waals surface area contributed by atoms with Crippen LogP contribution in [0.3, 0.4) is 0 Å². The first-order valence-corrected chi connectivity index (χ1v) is 6.25. The second-order valence-electron chi connectivity index (χ2n) is 4.26. The second kappa shape index (κ2) is 4.69. The summed E-state index contributed by atoms with van der Waals surface area (Å²) >= 11 is 0. The third-order valence-corrected chi connectivity index (χ3v) is 3.13. The van der Waals surface area contributed by atoms with Gasteiger partial charge in [-0.3, -0.25) is 4.98 Å². The largest absolute Gasteiger partial charge is 0.462 e. The molecule has 0 radical (unpaired) electrons. The maximum atomic E-state index is 12.1. The molecule has 0 spiro atoms. The third-order valence-electron chi connectivity index (χ3n) is 3.13. The summed E-state index contributed by atoms with van der Waals surface area (Å²) in [6.07, 6.45) is 1.64. The lowest BCUT2D eigenvalue weighted by atomic mass is 10.0. The molecular weight excluding hydrogens is 238 g/mol. The number of rotatable bonds is 2. The molecule has 3 heteroatoms. The van der Waals surface area contributed by atoms with E-state index in [0.29, 0.717) is 12.2 Å². The fourth-order valence-corrected chi connectivity index (χ4v) is 2.31. The molecule has 1 heterocycles. The molecule has 2 aromatic carbocycles. The molecule has 3 nitrogen and oxygen atoms in total. The van der Waals surface area contributed by atoms with Crippen molar-refractivity contribution < 1.29 is 9.53 Å². The Morgan fingerprint density at radius 2 is 2.00 bits per heavy atom. The van der Waals surface area contributed by atoms with Gasteiger partial charge in [0.25, 0.3) is 0 Å². The minimum absolute atomic E-state index is 0.300. The van der Waals surface area contributed by atoms with Crippen molar-refractivity contribution in [2.75, 3.05) is 6.61 Å². The third kappa shape index (κ3) is 1.93. The Balaban J connectivity index is 2.39. The van der Waals surface area contributed by atoms with E-state index in [1.165, 1.54) is 0 Å². The van der Waals surface area contributed by atoms with Crippen LogP contribution < -0.4 is 0 Å². The Morgan fingerprint density at radius 3 is 2.84 bits per heavy atom. The molecule has 0 bridgehead atoms. The number of carbonyl (C=O) groups excluding carboxylic acids is 1.